The predicted molar refractivity (Wildman–Crippen MR) is 27.8 cm³/mol. The lowest BCUT2D eigenvalue weighted by Gasteiger charge is -1.81. The van der Waals surface area contributed by atoms with Gasteiger partial charge in [-0.3, -0.25) is 4.98 Å². The van der Waals surface area contributed by atoms with Gasteiger partial charge in [0.05, 0.1) is 0 Å². The Morgan fingerprint density at radius 2 is 2.57 bits per heavy atom. The molecular weight excluding hydrogens is 86.1 g/mol. The van der Waals surface area contributed by atoms with Crippen LogP contribution in [-0.2, 0) is 0 Å². The van der Waals surface area contributed by atoms with E-state index < -0.39 is 0 Å². The van der Waals surface area contributed by atoms with Crippen LogP contribution in [0, 0.1) is 13.0 Å². The molecule has 0 aromatic carbocycles. The van der Waals surface area contributed by atoms with Gasteiger partial charge in [0.1, 0.15) is 0 Å². The molecule has 7 heavy (non-hydrogen) atoms. The number of hydrogen-bond acceptors (Lipinski definition) is 1. The highest BCUT2D eigenvalue weighted by Crippen LogP contribution is 1.86. The van der Waals surface area contributed by atoms with Crippen LogP contribution in [0.15, 0.2) is 18.5 Å². The SMILES string of the molecule is Cc1[c]ccnc1. The van der Waals surface area contributed by atoms with Gasteiger partial charge in [-0.2, -0.15) is 0 Å². The van der Waals surface area contributed by atoms with Crippen molar-refractivity contribution in [3.8, 4) is 0 Å². The lowest BCUT2D eigenvalue weighted by atomic mass is 10.3. The molecule has 0 unspecified atom stereocenters. The normalized spacial score (nSPS) is 8.71. The minimum atomic E-state index is 1.09. The van der Waals surface area contributed by atoms with E-state index in [1.165, 1.54) is 0 Å². The topological polar surface area (TPSA) is 12.9 Å². The van der Waals surface area contributed by atoms with Gasteiger partial charge in [0.15, 0.2) is 0 Å². The van der Waals surface area contributed by atoms with Crippen molar-refractivity contribution in [1.82, 2.24) is 4.98 Å². The van der Waals surface area contributed by atoms with E-state index in [0.29, 0.717) is 0 Å². The molecule has 1 nitrogen and oxygen atoms in total. The average Bonchev–Trinajstić information content (AvgIpc) is 1.69. The molecule has 0 atom stereocenters. The lowest BCUT2D eigenvalue weighted by molar-refractivity contribution is 1.26. The molecule has 0 spiro atoms. The van der Waals surface area contributed by atoms with Crippen molar-refractivity contribution < 1.29 is 0 Å². The Balaban J connectivity index is 3.02. The molecular formula is C6H6N. The van der Waals surface area contributed by atoms with Crippen LogP contribution in [-0.4, -0.2) is 4.98 Å². The van der Waals surface area contributed by atoms with Gasteiger partial charge in [-0.05, 0) is 24.6 Å². The third-order valence-electron chi connectivity index (χ3n) is 0.740. The summed E-state index contributed by atoms with van der Waals surface area (Å²) < 4.78 is 0. The largest absolute Gasteiger partial charge is 0.264 e. The van der Waals surface area contributed by atoms with E-state index in [1.807, 2.05) is 6.92 Å². The van der Waals surface area contributed by atoms with Crippen LogP contribution in [0.3, 0.4) is 0 Å². The highest BCUT2D eigenvalue weighted by molar-refractivity contribution is 5.02. The van der Waals surface area contributed by atoms with Crippen molar-refractivity contribution in [3.05, 3.63) is 30.1 Å². The molecule has 35 valence electrons. The zero-order chi connectivity index (χ0) is 5.11. The summed E-state index contributed by atoms with van der Waals surface area (Å²) in [4.78, 5) is 3.85. The molecule has 1 heterocycles. The zero-order valence-corrected chi connectivity index (χ0v) is 4.18. The summed E-state index contributed by atoms with van der Waals surface area (Å²) in [5, 5.41) is 0. The van der Waals surface area contributed by atoms with Crippen LogP contribution in [0.1, 0.15) is 5.56 Å². The molecule has 0 aliphatic heterocycles. The molecule has 0 N–H and O–H groups in total. The van der Waals surface area contributed by atoms with E-state index in [4.69, 9.17) is 0 Å². The number of rotatable bonds is 0. The Hall–Kier alpha value is -0.850. The Labute approximate surface area is 43.0 Å². The van der Waals surface area contributed by atoms with Crippen molar-refractivity contribution in [2.24, 2.45) is 0 Å². The van der Waals surface area contributed by atoms with E-state index in [0.717, 1.165) is 5.56 Å². The molecule has 1 aromatic heterocycles. The molecule has 0 fully saturated rings. The van der Waals surface area contributed by atoms with Crippen molar-refractivity contribution in [2.75, 3.05) is 0 Å². The molecule has 0 amide bonds. The molecule has 0 aliphatic rings. The van der Waals surface area contributed by atoms with Crippen molar-refractivity contribution in [3.63, 3.8) is 0 Å². The van der Waals surface area contributed by atoms with Gasteiger partial charge >= 0.3 is 0 Å². The van der Waals surface area contributed by atoms with Crippen LogP contribution in [0.5, 0.6) is 0 Å². The van der Waals surface area contributed by atoms with E-state index in [1.54, 1.807) is 18.5 Å². The minimum Gasteiger partial charge on any atom is -0.264 e. The highest BCUT2D eigenvalue weighted by Gasteiger charge is 1.74. The molecule has 1 rings (SSSR count). The number of aryl methyl sites for hydroxylation is 1. The predicted octanol–water partition coefficient (Wildman–Crippen LogP) is 1.19. The molecule has 0 saturated carbocycles. The lowest BCUT2D eigenvalue weighted by Crippen LogP contribution is -1.70. The maximum atomic E-state index is 3.85. The number of aromatic nitrogens is 1. The fourth-order valence-corrected chi connectivity index (χ4v) is 0.404. The van der Waals surface area contributed by atoms with Gasteiger partial charge in [0.2, 0.25) is 0 Å². The molecule has 0 bridgehead atoms. The van der Waals surface area contributed by atoms with Crippen LogP contribution in [0.4, 0.5) is 0 Å². The second-order valence-electron chi connectivity index (χ2n) is 1.42. The first-order chi connectivity index (χ1) is 3.39. The van der Waals surface area contributed by atoms with Gasteiger partial charge in [0, 0.05) is 12.4 Å². The van der Waals surface area contributed by atoms with Gasteiger partial charge in [-0.25, -0.2) is 0 Å². The highest BCUT2D eigenvalue weighted by atomic mass is 14.6. The fraction of sp³-hybridized carbons (Fsp3) is 0.167. The fourth-order valence-electron chi connectivity index (χ4n) is 0.404. The number of pyridine rings is 1. The monoisotopic (exact) mass is 92.1 g/mol. The summed E-state index contributed by atoms with van der Waals surface area (Å²) in [5.74, 6) is 0. The third-order valence-corrected chi connectivity index (χ3v) is 0.740. The quantitative estimate of drug-likeness (QED) is 0.468. The molecule has 0 saturated heterocycles. The maximum absolute atomic E-state index is 3.85. The van der Waals surface area contributed by atoms with Crippen LogP contribution in [0.2, 0.25) is 0 Å². The van der Waals surface area contributed by atoms with E-state index in [9.17, 15) is 0 Å². The number of hydrogen-bond donors (Lipinski definition) is 0. The number of nitrogens with zero attached hydrogens (tertiary/aromatic N) is 1. The van der Waals surface area contributed by atoms with Gasteiger partial charge in [-0.1, -0.05) is 0 Å². The first-order valence-electron chi connectivity index (χ1n) is 2.18. The summed E-state index contributed by atoms with van der Waals surface area (Å²) in [6.07, 6.45) is 3.49. The Kier molecular flexibility index (Phi) is 1.07. The van der Waals surface area contributed by atoms with E-state index in [2.05, 4.69) is 11.1 Å². The summed E-state index contributed by atoms with van der Waals surface area (Å²) in [5.41, 5.74) is 1.09. The van der Waals surface area contributed by atoms with Crippen molar-refractivity contribution >= 4 is 0 Å². The first-order valence-corrected chi connectivity index (χ1v) is 2.18. The standard InChI is InChI=1S/C6H6N/c1-6-3-2-4-7-5-6/h2,4-5H,1H3. The Bertz CT molecular complexity index is 134. The first kappa shape index (κ1) is 4.31. The van der Waals surface area contributed by atoms with Gasteiger partial charge < -0.3 is 0 Å². The zero-order valence-electron chi connectivity index (χ0n) is 4.18. The van der Waals surface area contributed by atoms with Crippen molar-refractivity contribution in [1.29, 1.82) is 0 Å². The maximum Gasteiger partial charge on any atom is 0.0303 e. The molecule has 1 heteroatoms. The van der Waals surface area contributed by atoms with Crippen molar-refractivity contribution in [2.45, 2.75) is 6.92 Å². The summed E-state index contributed by atoms with van der Waals surface area (Å²) in [6.45, 7) is 1.97. The van der Waals surface area contributed by atoms with Crippen LogP contribution < -0.4 is 0 Å². The third kappa shape index (κ3) is 1.000. The van der Waals surface area contributed by atoms with Crippen LogP contribution >= 0.6 is 0 Å². The molecule has 1 aromatic rings. The molecule has 0 aliphatic carbocycles. The van der Waals surface area contributed by atoms with Gasteiger partial charge in [0.25, 0.3) is 0 Å². The Morgan fingerprint density at radius 3 is 2.86 bits per heavy atom. The average molecular weight is 92.1 g/mol. The second kappa shape index (κ2) is 1.73. The van der Waals surface area contributed by atoms with E-state index in [-0.39, 0.29) is 0 Å². The molecule has 1 radical (unpaired) electrons. The summed E-state index contributed by atoms with van der Waals surface area (Å²) in [6, 6.07) is 4.77. The van der Waals surface area contributed by atoms with E-state index >= 15 is 0 Å². The second-order valence-corrected chi connectivity index (χ2v) is 1.42. The summed E-state index contributed by atoms with van der Waals surface area (Å²) >= 11 is 0. The summed E-state index contributed by atoms with van der Waals surface area (Å²) in [7, 11) is 0. The van der Waals surface area contributed by atoms with Gasteiger partial charge in [-0.15, -0.1) is 0 Å². The van der Waals surface area contributed by atoms with Crippen LogP contribution in [0.25, 0.3) is 0 Å². The smallest absolute Gasteiger partial charge is 0.0303 e. The Morgan fingerprint density at radius 1 is 1.71 bits per heavy atom. The minimum absolute atomic E-state index is 1.09.